The minimum Gasteiger partial charge on any atom is -0.467 e. The average molecular weight is 290 g/mol. The standard InChI is InChI=1S/C14H18N4O3/c1-4-6-14(2,13(20)21-3)18-12(19)10-9-5-7-15-11(9)17-8-16-10/h5,7-8H,4,6H2,1-3H3,(H,18,19)(H,15,16,17). The van der Waals surface area contributed by atoms with Gasteiger partial charge in [-0.25, -0.2) is 14.8 Å². The van der Waals surface area contributed by atoms with Crippen LogP contribution in [0, 0.1) is 0 Å². The molecule has 0 aromatic carbocycles. The van der Waals surface area contributed by atoms with E-state index in [2.05, 4.69) is 20.3 Å². The molecule has 112 valence electrons. The first-order chi connectivity index (χ1) is 10.0. The highest BCUT2D eigenvalue weighted by atomic mass is 16.5. The molecule has 2 aromatic heterocycles. The van der Waals surface area contributed by atoms with Gasteiger partial charge in [-0.15, -0.1) is 0 Å². The van der Waals surface area contributed by atoms with Crippen molar-refractivity contribution >= 4 is 22.9 Å². The second-order valence-electron chi connectivity index (χ2n) is 4.99. The van der Waals surface area contributed by atoms with Gasteiger partial charge in [-0.05, 0) is 19.4 Å². The molecule has 0 aliphatic heterocycles. The van der Waals surface area contributed by atoms with E-state index in [9.17, 15) is 9.59 Å². The van der Waals surface area contributed by atoms with Crippen LogP contribution >= 0.6 is 0 Å². The second-order valence-corrected chi connectivity index (χ2v) is 4.99. The summed E-state index contributed by atoms with van der Waals surface area (Å²) in [6, 6.07) is 1.72. The Morgan fingerprint density at radius 1 is 1.43 bits per heavy atom. The van der Waals surface area contributed by atoms with Crippen LogP contribution < -0.4 is 5.32 Å². The maximum absolute atomic E-state index is 12.4. The van der Waals surface area contributed by atoms with Crippen molar-refractivity contribution in [2.45, 2.75) is 32.2 Å². The molecule has 0 saturated carbocycles. The molecular weight excluding hydrogens is 272 g/mol. The molecule has 0 radical (unpaired) electrons. The maximum atomic E-state index is 12.4. The number of nitrogens with zero attached hydrogens (tertiary/aromatic N) is 2. The zero-order valence-corrected chi connectivity index (χ0v) is 12.3. The fraction of sp³-hybridized carbons (Fsp3) is 0.429. The lowest BCUT2D eigenvalue weighted by Gasteiger charge is -2.27. The van der Waals surface area contributed by atoms with Crippen LogP contribution in [0.4, 0.5) is 0 Å². The summed E-state index contributed by atoms with van der Waals surface area (Å²) in [7, 11) is 1.30. The fourth-order valence-corrected chi connectivity index (χ4v) is 2.30. The summed E-state index contributed by atoms with van der Waals surface area (Å²) in [5, 5.41) is 3.34. The molecule has 0 saturated heterocycles. The lowest BCUT2D eigenvalue weighted by molar-refractivity contribution is -0.147. The predicted octanol–water partition coefficient (Wildman–Crippen LogP) is 1.42. The first kappa shape index (κ1) is 15.0. The highest BCUT2D eigenvalue weighted by molar-refractivity contribution is 6.05. The number of esters is 1. The molecule has 1 unspecified atom stereocenters. The smallest absolute Gasteiger partial charge is 0.331 e. The monoisotopic (exact) mass is 290 g/mol. The number of ether oxygens (including phenoxy) is 1. The number of hydrogen-bond acceptors (Lipinski definition) is 5. The molecule has 0 bridgehead atoms. The van der Waals surface area contributed by atoms with Crippen molar-refractivity contribution < 1.29 is 14.3 Å². The van der Waals surface area contributed by atoms with Gasteiger partial charge in [-0.2, -0.15) is 0 Å². The van der Waals surface area contributed by atoms with Gasteiger partial charge < -0.3 is 15.0 Å². The molecule has 1 atom stereocenters. The first-order valence-electron chi connectivity index (χ1n) is 6.71. The number of aromatic amines is 1. The summed E-state index contributed by atoms with van der Waals surface area (Å²) in [4.78, 5) is 35.3. The third kappa shape index (κ3) is 2.86. The van der Waals surface area contributed by atoms with Crippen molar-refractivity contribution in [3.63, 3.8) is 0 Å². The molecule has 0 spiro atoms. The maximum Gasteiger partial charge on any atom is 0.331 e. The van der Waals surface area contributed by atoms with Crippen molar-refractivity contribution in [2.75, 3.05) is 7.11 Å². The Morgan fingerprint density at radius 3 is 2.86 bits per heavy atom. The van der Waals surface area contributed by atoms with Crippen molar-refractivity contribution in [1.29, 1.82) is 0 Å². The molecule has 0 aliphatic carbocycles. The third-order valence-corrected chi connectivity index (χ3v) is 3.34. The number of hydrogen-bond donors (Lipinski definition) is 2. The number of amides is 1. The molecule has 2 N–H and O–H groups in total. The summed E-state index contributed by atoms with van der Waals surface area (Å²) in [6.45, 7) is 3.58. The summed E-state index contributed by atoms with van der Waals surface area (Å²) < 4.78 is 4.78. The number of fused-ring (bicyclic) bond motifs is 1. The fourth-order valence-electron chi connectivity index (χ4n) is 2.30. The van der Waals surface area contributed by atoms with Crippen molar-refractivity contribution in [1.82, 2.24) is 20.3 Å². The van der Waals surface area contributed by atoms with E-state index in [4.69, 9.17) is 4.74 Å². The highest BCUT2D eigenvalue weighted by Gasteiger charge is 2.36. The Bertz CT molecular complexity index is 667. The molecule has 1 amide bonds. The molecule has 2 heterocycles. The molecule has 21 heavy (non-hydrogen) atoms. The quantitative estimate of drug-likeness (QED) is 0.812. The second kappa shape index (κ2) is 5.90. The number of nitrogens with one attached hydrogen (secondary N) is 2. The minimum atomic E-state index is -1.08. The van der Waals surface area contributed by atoms with Gasteiger partial charge in [-0.3, -0.25) is 4.79 Å². The summed E-state index contributed by atoms with van der Waals surface area (Å²) in [5.41, 5.74) is -0.272. The topological polar surface area (TPSA) is 97.0 Å². The minimum absolute atomic E-state index is 0.229. The zero-order valence-electron chi connectivity index (χ0n) is 12.3. The molecule has 7 nitrogen and oxygen atoms in total. The van der Waals surface area contributed by atoms with Crippen LogP contribution in [0.3, 0.4) is 0 Å². The van der Waals surface area contributed by atoms with E-state index in [1.807, 2.05) is 6.92 Å². The zero-order chi connectivity index (χ0) is 15.5. The first-order valence-corrected chi connectivity index (χ1v) is 6.71. The van der Waals surface area contributed by atoms with Gasteiger partial charge in [0.05, 0.1) is 12.5 Å². The number of methoxy groups -OCH3 is 1. The number of carbonyl (C=O) groups excluding carboxylic acids is 2. The van der Waals surface area contributed by atoms with Gasteiger partial charge in [-0.1, -0.05) is 13.3 Å². The van der Waals surface area contributed by atoms with E-state index in [1.165, 1.54) is 13.4 Å². The lowest BCUT2D eigenvalue weighted by Crippen LogP contribution is -2.52. The van der Waals surface area contributed by atoms with Crippen LogP contribution in [0.25, 0.3) is 11.0 Å². The van der Waals surface area contributed by atoms with Crippen LogP contribution in [0.15, 0.2) is 18.6 Å². The van der Waals surface area contributed by atoms with Gasteiger partial charge >= 0.3 is 5.97 Å². The van der Waals surface area contributed by atoms with Crippen LogP contribution in [-0.4, -0.2) is 39.5 Å². The Balaban J connectivity index is 2.31. The van der Waals surface area contributed by atoms with Crippen LogP contribution in [0.1, 0.15) is 37.2 Å². The Labute approximate surface area is 122 Å². The van der Waals surface area contributed by atoms with Crippen LogP contribution in [-0.2, 0) is 9.53 Å². The normalized spacial score (nSPS) is 13.7. The van der Waals surface area contributed by atoms with Crippen molar-refractivity contribution in [2.24, 2.45) is 0 Å². The molecule has 2 aromatic rings. The third-order valence-electron chi connectivity index (χ3n) is 3.34. The van der Waals surface area contributed by atoms with E-state index in [1.54, 1.807) is 19.2 Å². The summed E-state index contributed by atoms with van der Waals surface area (Å²) in [5.74, 6) is -0.902. The Hall–Kier alpha value is -2.44. The van der Waals surface area contributed by atoms with Gasteiger partial charge in [0.1, 0.15) is 23.2 Å². The van der Waals surface area contributed by atoms with E-state index in [0.29, 0.717) is 17.5 Å². The van der Waals surface area contributed by atoms with Crippen molar-refractivity contribution in [3.8, 4) is 0 Å². The molecule has 2 rings (SSSR count). The number of aromatic nitrogens is 3. The SMILES string of the molecule is CCCC(C)(NC(=O)c1ncnc2[nH]ccc12)C(=O)OC. The Morgan fingerprint density at radius 2 is 2.19 bits per heavy atom. The van der Waals surface area contributed by atoms with E-state index >= 15 is 0 Å². The average Bonchev–Trinajstić information content (AvgIpc) is 2.94. The largest absolute Gasteiger partial charge is 0.467 e. The number of carbonyl (C=O) groups is 2. The van der Waals surface area contributed by atoms with Gasteiger partial charge in [0.15, 0.2) is 0 Å². The predicted molar refractivity (Wildman–Crippen MR) is 76.7 cm³/mol. The Kier molecular flexibility index (Phi) is 4.21. The summed E-state index contributed by atoms with van der Waals surface area (Å²) in [6.07, 6.45) is 4.20. The van der Waals surface area contributed by atoms with E-state index in [0.717, 1.165) is 6.42 Å². The molecular formula is C14H18N4O3. The van der Waals surface area contributed by atoms with Crippen LogP contribution in [0.5, 0.6) is 0 Å². The van der Waals surface area contributed by atoms with Gasteiger partial charge in [0.25, 0.3) is 5.91 Å². The summed E-state index contributed by atoms with van der Waals surface area (Å²) >= 11 is 0. The molecule has 0 fully saturated rings. The number of H-pyrrole nitrogens is 1. The van der Waals surface area contributed by atoms with Crippen molar-refractivity contribution in [3.05, 3.63) is 24.3 Å². The molecule has 7 heteroatoms. The van der Waals surface area contributed by atoms with Gasteiger partial charge in [0.2, 0.25) is 0 Å². The number of rotatable bonds is 5. The van der Waals surface area contributed by atoms with E-state index < -0.39 is 17.4 Å². The molecule has 0 aliphatic rings. The van der Waals surface area contributed by atoms with E-state index in [-0.39, 0.29) is 5.69 Å². The lowest BCUT2D eigenvalue weighted by atomic mass is 9.96. The van der Waals surface area contributed by atoms with Crippen LogP contribution in [0.2, 0.25) is 0 Å². The van der Waals surface area contributed by atoms with Gasteiger partial charge in [0, 0.05) is 6.20 Å². The highest BCUT2D eigenvalue weighted by Crippen LogP contribution is 2.18.